The normalized spacial score (nSPS) is 13.2. The van der Waals surface area contributed by atoms with E-state index in [4.69, 9.17) is 52.1 Å². The third-order valence-electron chi connectivity index (χ3n) is 1.81. The van der Waals surface area contributed by atoms with Gasteiger partial charge in [-0.3, -0.25) is 0 Å². The predicted octanol–water partition coefficient (Wildman–Crippen LogP) is 4.80. The van der Waals surface area contributed by atoms with Crippen molar-refractivity contribution < 1.29 is 13.2 Å². The third kappa shape index (κ3) is 3.82. The Kier molecular flexibility index (Phi) is 5.00. The summed E-state index contributed by atoms with van der Waals surface area (Å²) in [5, 5.41) is -0.599. The van der Waals surface area contributed by atoms with Crippen LogP contribution in [0.3, 0.4) is 0 Å². The van der Waals surface area contributed by atoms with Crippen molar-refractivity contribution in [2.24, 2.45) is 10.7 Å². The largest absolute Gasteiger partial charge is 0.416 e. The van der Waals surface area contributed by atoms with E-state index in [0.717, 1.165) is 0 Å². The quantitative estimate of drug-likeness (QED) is 0.469. The van der Waals surface area contributed by atoms with Crippen molar-refractivity contribution in [3.05, 3.63) is 27.7 Å². The molecule has 0 fully saturated rings. The molecule has 0 saturated heterocycles. The van der Waals surface area contributed by atoms with Crippen LogP contribution < -0.4 is 5.73 Å². The van der Waals surface area contributed by atoms with Crippen LogP contribution in [0.5, 0.6) is 0 Å². The zero-order valence-corrected chi connectivity index (χ0v) is 11.4. The SMILES string of the molecule is NC(=Nc1c(Cl)cc(C(F)(F)F)cc1Cl)C(Cl)Cl. The lowest BCUT2D eigenvalue weighted by molar-refractivity contribution is -0.137. The highest BCUT2D eigenvalue weighted by molar-refractivity contribution is 6.54. The van der Waals surface area contributed by atoms with Crippen LogP contribution in [0.1, 0.15) is 5.56 Å². The molecule has 0 aliphatic carbocycles. The van der Waals surface area contributed by atoms with Gasteiger partial charge in [0.25, 0.3) is 0 Å². The Balaban J connectivity index is 3.30. The highest BCUT2D eigenvalue weighted by Gasteiger charge is 2.32. The van der Waals surface area contributed by atoms with Gasteiger partial charge in [-0.25, -0.2) is 4.99 Å². The summed E-state index contributed by atoms with van der Waals surface area (Å²) in [5.41, 5.74) is 4.26. The lowest BCUT2D eigenvalue weighted by Crippen LogP contribution is -2.19. The molecule has 0 atom stereocenters. The molecule has 0 aromatic heterocycles. The van der Waals surface area contributed by atoms with Crippen LogP contribution in [0.2, 0.25) is 10.0 Å². The number of nitrogens with zero attached hydrogens (tertiary/aromatic N) is 1. The molecular weight excluding hydrogens is 335 g/mol. The van der Waals surface area contributed by atoms with Gasteiger partial charge in [-0.2, -0.15) is 13.2 Å². The number of alkyl halides is 5. The summed E-state index contributed by atoms with van der Waals surface area (Å²) in [6.45, 7) is 0. The van der Waals surface area contributed by atoms with Crippen molar-refractivity contribution in [3.63, 3.8) is 0 Å². The molecule has 0 radical (unpaired) electrons. The first-order chi connectivity index (χ1) is 8.12. The van der Waals surface area contributed by atoms with E-state index in [1.807, 2.05) is 0 Å². The van der Waals surface area contributed by atoms with E-state index in [0.29, 0.717) is 12.1 Å². The minimum absolute atomic E-state index is 0.116. The fourth-order valence-electron chi connectivity index (χ4n) is 1.01. The van der Waals surface area contributed by atoms with Crippen LogP contribution in [0.4, 0.5) is 18.9 Å². The first-order valence-corrected chi connectivity index (χ1v) is 5.94. The molecular formula is C9H5Cl4F3N2. The van der Waals surface area contributed by atoms with Gasteiger partial charge in [-0.1, -0.05) is 46.4 Å². The Bertz CT molecular complexity index is 462. The monoisotopic (exact) mass is 338 g/mol. The van der Waals surface area contributed by atoms with E-state index in [1.165, 1.54) is 0 Å². The van der Waals surface area contributed by atoms with Gasteiger partial charge in [-0.05, 0) is 12.1 Å². The van der Waals surface area contributed by atoms with Crippen LogP contribution in [0.15, 0.2) is 17.1 Å². The fraction of sp³-hybridized carbons (Fsp3) is 0.222. The second kappa shape index (κ2) is 5.74. The van der Waals surface area contributed by atoms with Crippen molar-refractivity contribution >= 4 is 57.9 Å². The lowest BCUT2D eigenvalue weighted by atomic mass is 10.2. The molecule has 2 nitrogen and oxygen atoms in total. The predicted molar refractivity (Wildman–Crippen MR) is 68.2 cm³/mol. The number of benzene rings is 1. The van der Waals surface area contributed by atoms with E-state index < -0.39 is 16.6 Å². The van der Waals surface area contributed by atoms with Gasteiger partial charge < -0.3 is 5.73 Å². The number of aliphatic imine (C=N–C) groups is 1. The molecule has 0 amide bonds. The smallest absolute Gasteiger partial charge is 0.385 e. The van der Waals surface area contributed by atoms with Crippen molar-refractivity contribution in [3.8, 4) is 0 Å². The molecule has 0 aliphatic rings. The van der Waals surface area contributed by atoms with Crippen molar-refractivity contribution in [2.45, 2.75) is 11.0 Å². The van der Waals surface area contributed by atoms with E-state index in [2.05, 4.69) is 4.99 Å². The lowest BCUT2D eigenvalue weighted by Gasteiger charge is -2.10. The van der Waals surface area contributed by atoms with E-state index >= 15 is 0 Å². The fourth-order valence-corrected chi connectivity index (χ4v) is 1.68. The van der Waals surface area contributed by atoms with Crippen LogP contribution >= 0.6 is 46.4 Å². The molecule has 0 heterocycles. The maximum Gasteiger partial charge on any atom is 0.416 e. The number of hydrogen-bond acceptors (Lipinski definition) is 1. The molecule has 9 heteroatoms. The molecule has 2 N–H and O–H groups in total. The van der Waals surface area contributed by atoms with Gasteiger partial charge in [0.2, 0.25) is 0 Å². The number of rotatable bonds is 2. The molecule has 1 rings (SSSR count). The molecule has 0 saturated carbocycles. The van der Waals surface area contributed by atoms with Crippen molar-refractivity contribution in [1.82, 2.24) is 0 Å². The van der Waals surface area contributed by atoms with Gasteiger partial charge in [0.15, 0.2) is 4.84 Å². The Morgan fingerprint density at radius 2 is 1.61 bits per heavy atom. The van der Waals surface area contributed by atoms with Gasteiger partial charge in [0.1, 0.15) is 11.5 Å². The Hall–Kier alpha value is -0.360. The number of halogens is 7. The van der Waals surface area contributed by atoms with Gasteiger partial charge >= 0.3 is 6.18 Å². The number of amidine groups is 1. The van der Waals surface area contributed by atoms with E-state index in [9.17, 15) is 13.2 Å². The average Bonchev–Trinajstić information content (AvgIpc) is 2.21. The van der Waals surface area contributed by atoms with Crippen LogP contribution in [0.25, 0.3) is 0 Å². The summed E-state index contributed by atoms with van der Waals surface area (Å²) in [4.78, 5) is 2.57. The Morgan fingerprint density at radius 3 is 1.94 bits per heavy atom. The molecule has 0 unspecified atom stereocenters. The molecule has 0 bridgehead atoms. The van der Waals surface area contributed by atoms with Crippen LogP contribution in [-0.2, 0) is 6.18 Å². The minimum atomic E-state index is -4.55. The molecule has 1 aromatic rings. The average molecular weight is 340 g/mol. The third-order valence-corrected chi connectivity index (χ3v) is 2.83. The van der Waals surface area contributed by atoms with E-state index in [-0.39, 0.29) is 21.6 Å². The second-order valence-electron chi connectivity index (χ2n) is 3.12. The van der Waals surface area contributed by atoms with Crippen LogP contribution in [0, 0.1) is 0 Å². The molecule has 0 spiro atoms. The molecule has 0 aliphatic heterocycles. The zero-order chi connectivity index (χ0) is 14.1. The summed E-state index contributed by atoms with van der Waals surface area (Å²) >= 11 is 22.2. The number of nitrogens with two attached hydrogens (primary N) is 1. The topological polar surface area (TPSA) is 38.4 Å². The second-order valence-corrected chi connectivity index (χ2v) is 5.03. The molecule has 1 aromatic carbocycles. The summed E-state index contributed by atoms with van der Waals surface area (Å²) in [6, 6.07) is 1.38. The maximum atomic E-state index is 12.5. The standard InChI is InChI=1S/C9H5Cl4F3N2/c10-4-1-3(9(14,15)16)2-5(11)6(4)18-8(17)7(12)13/h1-2,7H,(H2,17,18). The van der Waals surface area contributed by atoms with Gasteiger partial charge in [-0.15, -0.1) is 0 Å². The minimum Gasteiger partial charge on any atom is -0.385 e. The summed E-state index contributed by atoms with van der Waals surface area (Å²) < 4.78 is 37.4. The first-order valence-electron chi connectivity index (χ1n) is 4.31. The number of hydrogen-bond donors (Lipinski definition) is 1. The molecule has 18 heavy (non-hydrogen) atoms. The van der Waals surface area contributed by atoms with Crippen LogP contribution in [-0.4, -0.2) is 10.7 Å². The summed E-state index contributed by atoms with van der Waals surface area (Å²) in [5.74, 6) is -0.220. The van der Waals surface area contributed by atoms with Gasteiger partial charge in [0, 0.05) is 0 Å². The highest BCUT2D eigenvalue weighted by Crippen LogP contribution is 2.40. The van der Waals surface area contributed by atoms with Gasteiger partial charge in [0.05, 0.1) is 15.6 Å². The zero-order valence-electron chi connectivity index (χ0n) is 8.40. The van der Waals surface area contributed by atoms with E-state index in [1.54, 1.807) is 0 Å². The summed E-state index contributed by atoms with van der Waals surface area (Å²) in [6.07, 6.45) is -4.55. The van der Waals surface area contributed by atoms with Crippen molar-refractivity contribution in [1.29, 1.82) is 0 Å². The molecule has 100 valence electrons. The Labute approximate surface area is 120 Å². The first kappa shape index (κ1) is 15.7. The summed E-state index contributed by atoms with van der Waals surface area (Å²) in [7, 11) is 0. The highest BCUT2D eigenvalue weighted by atomic mass is 35.5. The Morgan fingerprint density at radius 1 is 1.17 bits per heavy atom. The van der Waals surface area contributed by atoms with Crippen molar-refractivity contribution in [2.75, 3.05) is 0 Å². The maximum absolute atomic E-state index is 12.5.